The molecule has 3 nitrogen and oxygen atoms in total. The summed E-state index contributed by atoms with van der Waals surface area (Å²) in [4.78, 5) is 20.9. The molecule has 26 heavy (non-hydrogen) atoms. The van der Waals surface area contributed by atoms with Crippen LogP contribution in [0.25, 0.3) is 10.4 Å². The van der Waals surface area contributed by atoms with Gasteiger partial charge in [-0.2, -0.15) is 0 Å². The predicted octanol–water partition coefficient (Wildman–Crippen LogP) is 5.49. The van der Waals surface area contributed by atoms with E-state index in [1.807, 2.05) is 17.3 Å². The summed E-state index contributed by atoms with van der Waals surface area (Å²) >= 11 is 9.52. The third-order valence-corrected chi connectivity index (χ3v) is 6.96. The van der Waals surface area contributed by atoms with E-state index in [1.165, 1.54) is 27.6 Å². The number of halogens is 1. The number of rotatable bonds is 3. The lowest BCUT2D eigenvalue weighted by Gasteiger charge is -2.33. The topological polar surface area (TPSA) is 33.2 Å². The van der Waals surface area contributed by atoms with Crippen molar-refractivity contribution < 1.29 is 4.79 Å². The molecule has 0 saturated carbocycles. The van der Waals surface area contributed by atoms with Crippen LogP contribution in [0, 0.1) is 6.92 Å². The van der Waals surface area contributed by atoms with E-state index in [-0.39, 0.29) is 11.8 Å². The number of aromatic nitrogens is 1. The number of thiazole rings is 1. The molecule has 1 amide bonds. The number of aryl methyl sites for hydroxylation is 1. The Morgan fingerprint density at radius 2 is 2.19 bits per heavy atom. The zero-order valence-corrected chi connectivity index (χ0v) is 16.6. The van der Waals surface area contributed by atoms with Gasteiger partial charge >= 0.3 is 0 Å². The molecule has 0 radical (unpaired) electrons. The molecule has 0 saturated heterocycles. The summed E-state index contributed by atoms with van der Waals surface area (Å²) in [7, 11) is 0. The molecule has 1 aliphatic rings. The summed E-state index contributed by atoms with van der Waals surface area (Å²) in [5.74, 6) is 0.0423. The lowest BCUT2D eigenvalue weighted by Crippen LogP contribution is -2.37. The highest BCUT2D eigenvalue weighted by molar-refractivity contribution is 7.16. The zero-order chi connectivity index (χ0) is 18.3. The Kier molecular flexibility index (Phi) is 4.69. The van der Waals surface area contributed by atoms with Gasteiger partial charge in [0, 0.05) is 17.3 Å². The van der Waals surface area contributed by atoms with Gasteiger partial charge in [0.15, 0.2) is 0 Å². The fourth-order valence-electron chi connectivity index (χ4n) is 3.51. The van der Waals surface area contributed by atoms with Crippen molar-refractivity contribution in [3.8, 4) is 10.4 Å². The van der Waals surface area contributed by atoms with Crippen molar-refractivity contribution in [2.24, 2.45) is 0 Å². The third kappa shape index (κ3) is 3.00. The molecular weight excluding hydrogens is 384 g/mol. The molecule has 4 rings (SSSR count). The number of carbonyl (C=O) groups excluding carboxylic acids is 1. The second-order valence-electron chi connectivity index (χ2n) is 6.26. The first-order chi connectivity index (χ1) is 12.6. The van der Waals surface area contributed by atoms with Crippen LogP contribution in [0.15, 0.2) is 48.5 Å². The van der Waals surface area contributed by atoms with Gasteiger partial charge in [0.1, 0.15) is 0 Å². The molecule has 1 atom stereocenters. The smallest absolute Gasteiger partial charge is 0.246 e. The predicted molar refractivity (Wildman–Crippen MR) is 109 cm³/mol. The third-order valence-electron chi connectivity index (χ3n) is 4.74. The maximum absolute atomic E-state index is 12.3. The fourth-order valence-corrected chi connectivity index (χ4v) is 5.72. The SMILES string of the molecule is C=CC(=O)N1Cc2sc(Cl)cc2[C@@H](c2ccccc2-c2scnc2C)C1. The lowest BCUT2D eigenvalue weighted by atomic mass is 9.85. The van der Waals surface area contributed by atoms with Crippen LogP contribution in [-0.2, 0) is 11.3 Å². The van der Waals surface area contributed by atoms with Crippen LogP contribution in [-0.4, -0.2) is 22.3 Å². The number of fused-ring (bicyclic) bond motifs is 1. The number of thiophene rings is 1. The van der Waals surface area contributed by atoms with E-state index in [2.05, 4.69) is 41.9 Å². The van der Waals surface area contributed by atoms with Gasteiger partial charge in [-0.05, 0) is 35.8 Å². The van der Waals surface area contributed by atoms with E-state index in [0.717, 1.165) is 14.9 Å². The Morgan fingerprint density at radius 3 is 2.92 bits per heavy atom. The normalized spacial score (nSPS) is 16.4. The van der Waals surface area contributed by atoms with Gasteiger partial charge in [-0.1, -0.05) is 42.4 Å². The van der Waals surface area contributed by atoms with Crippen LogP contribution in [0.1, 0.15) is 27.6 Å². The molecule has 6 heteroatoms. The van der Waals surface area contributed by atoms with Crippen LogP contribution < -0.4 is 0 Å². The number of hydrogen-bond acceptors (Lipinski definition) is 4. The number of hydrogen-bond donors (Lipinski definition) is 0. The molecule has 0 aliphatic carbocycles. The van der Waals surface area contributed by atoms with Crippen molar-refractivity contribution in [3.05, 3.63) is 74.5 Å². The molecule has 132 valence electrons. The first kappa shape index (κ1) is 17.5. The summed E-state index contributed by atoms with van der Waals surface area (Å²) < 4.78 is 0.763. The van der Waals surface area contributed by atoms with Crippen LogP contribution >= 0.6 is 34.3 Å². The van der Waals surface area contributed by atoms with Crippen molar-refractivity contribution >= 4 is 40.2 Å². The highest BCUT2D eigenvalue weighted by atomic mass is 35.5. The zero-order valence-electron chi connectivity index (χ0n) is 14.2. The Bertz CT molecular complexity index is 991. The van der Waals surface area contributed by atoms with Gasteiger partial charge in [0.25, 0.3) is 0 Å². The Balaban J connectivity index is 1.86. The maximum atomic E-state index is 12.3. The van der Waals surface area contributed by atoms with Crippen molar-refractivity contribution in [1.29, 1.82) is 0 Å². The summed E-state index contributed by atoms with van der Waals surface area (Å²) in [6, 6.07) is 10.4. The van der Waals surface area contributed by atoms with E-state index in [4.69, 9.17) is 11.6 Å². The van der Waals surface area contributed by atoms with Gasteiger partial charge in [0.05, 0.1) is 27.0 Å². The first-order valence-corrected chi connectivity index (χ1v) is 10.3. The van der Waals surface area contributed by atoms with Gasteiger partial charge in [-0.25, -0.2) is 4.98 Å². The Morgan fingerprint density at radius 1 is 1.38 bits per heavy atom. The number of carbonyl (C=O) groups is 1. The van der Waals surface area contributed by atoms with Crippen LogP contribution in [0.5, 0.6) is 0 Å². The fraction of sp³-hybridized carbons (Fsp3) is 0.200. The van der Waals surface area contributed by atoms with E-state index in [0.29, 0.717) is 13.1 Å². The first-order valence-electron chi connectivity index (χ1n) is 8.27. The van der Waals surface area contributed by atoms with Crippen LogP contribution in [0.4, 0.5) is 0 Å². The molecule has 0 fully saturated rings. The average Bonchev–Trinajstić information content (AvgIpc) is 3.24. The van der Waals surface area contributed by atoms with Gasteiger partial charge in [0.2, 0.25) is 5.91 Å². The van der Waals surface area contributed by atoms with Gasteiger partial charge in [-0.15, -0.1) is 22.7 Å². The van der Waals surface area contributed by atoms with Crippen LogP contribution in [0.3, 0.4) is 0 Å². The largest absolute Gasteiger partial charge is 0.333 e. The summed E-state index contributed by atoms with van der Waals surface area (Å²) in [5.41, 5.74) is 6.52. The molecule has 3 aromatic rings. The molecule has 1 aromatic carbocycles. The van der Waals surface area contributed by atoms with E-state index in [1.54, 1.807) is 22.7 Å². The second-order valence-corrected chi connectivity index (χ2v) is 8.88. The minimum Gasteiger partial charge on any atom is -0.333 e. The van der Waals surface area contributed by atoms with E-state index in [9.17, 15) is 4.79 Å². The van der Waals surface area contributed by atoms with Crippen molar-refractivity contribution in [2.45, 2.75) is 19.4 Å². The van der Waals surface area contributed by atoms with Crippen LogP contribution in [0.2, 0.25) is 4.34 Å². The Labute approximate surface area is 165 Å². The monoisotopic (exact) mass is 400 g/mol. The summed E-state index contributed by atoms with van der Waals surface area (Å²) in [6.45, 7) is 6.89. The standard InChI is InChI=1S/C20H17ClN2OS2/c1-3-19(24)23-9-16(15-8-18(21)26-17(15)10-23)13-6-4-5-7-14(13)20-12(2)22-11-25-20/h3-8,11,16H,1,9-10H2,2H3/t16-/m1/s1. The highest BCUT2D eigenvalue weighted by Gasteiger charge is 2.32. The van der Waals surface area contributed by atoms with E-state index >= 15 is 0 Å². The molecule has 0 bridgehead atoms. The lowest BCUT2D eigenvalue weighted by molar-refractivity contribution is -0.127. The molecule has 2 aromatic heterocycles. The number of nitrogens with zero attached hydrogens (tertiary/aromatic N) is 2. The molecule has 3 heterocycles. The maximum Gasteiger partial charge on any atom is 0.246 e. The quantitative estimate of drug-likeness (QED) is 0.544. The second kappa shape index (κ2) is 6.99. The summed E-state index contributed by atoms with van der Waals surface area (Å²) in [5, 5.41) is 0. The summed E-state index contributed by atoms with van der Waals surface area (Å²) in [6.07, 6.45) is 1.39. The van der Waals surface area contributed by atoms with Crippen molar-refractivity contribution in [3.63, 3.8) is 0 Å². The average molecular weight is 401 g/mol. The van der Waals surface area contributed by atoms with Gasteiger partial charge in [-0.3, -0.25) is 4.79 Å². The molecule has 0 spiro atoms. The van der Waals surface area contributed by atoms with E-state index < -0.39 is 0 Å². The molecular formula is C20H17ClN2OS2. The minimum absolute atomic E-state index is 0.0448. The molecule has 0 unspecified atom stereocenters. The number of amides is 1. The van der Waals surface area contributed by atoms with Crippen molar-refractivity contribution in [1.82, 2.24) is 9.88 Å². The van der Waals surface area contributed by atoms with Crippen molar-refractivity contribution in [2.75, 3.05) is 6.54 Å². The molecule has 0 N–H and O–H groups in total. The molecule has 1 aliphatic heterocycles. The minimum atomic E-state index is -0.0448. The highest BCUT2D eigenvalue weighted by Crippen LogP contribution is 2.43. The number of benzene rings is 1. The van der Waals surface area contributed by atoms with Gasteiger partial charge < -0.3 is 4.90 Å². The Hall–Kier alpha value is -1.95.